The lowest BCUT2D eigenvalue weighted by Gasteiger charge is -2.21. The molecule has 7 heteroatoms. The summed E-state index contributed by atoms with van der Waals surface area (Å²) in [6, 6.07) is 9.34. The Kier molecular flexibility index (Phi) is 5.57. The lowest BCUT2D eigenvalue weighted by Crippen LogP contribution is -2.38. The third-order valence-electron chi connectivity index (χ3n) is 3.75. The molecule has 1 amide bonds. The van der Waals surface area contributed by atoms with E-state index < -0.39 is 20.5 Å². The standard InChI is InChI=1S/C18H23NO5S/c1-18(2,3)17(20)19-12-16(15-6-5-11-24-15)25(21,22)14-9-7-13(23-4)8-10-14/h5-11,16H,12H2,1-4H3,(H,19,20). The molecule has 0 saturated carbocycles. The quantitative estimate of drug-likeness (QED) is 0.850. The maximum Gasteiger partial charge on any atom is 0.225 e. The summed E-state index contributed by atoms with van der Waals surface area (Å²) in [4.78, 5) is 12.3. The molecule has 0 aliphatic carbocycles. The van der Waals surface area contributed by atoms with Crippen molar-refractivity contribution in [2.75, 3.05) is 13.7 Å². The summed E-state index contributed by atoms with van der Waals surface area (Å²) in [6.07, 6.45) is 1.41. The number of hydrogen-bond donors (Lipinski definition) is 1. The first-order chi connectivity index (χ1) is 11.7. The van der Waals surface area contributed by atoms with Crippen LogP contribution in [0.4, 0.5) is 0 Å². The van der Waals surface area contributed by atoms with Gasteiger partial charge in [-0.05, 0) is 36.4 Å². The average Bonchev–Trinajstić information content (AvgIpc) is 3.08. The molecule has 1 aromatic heterocycles. The van der Waals surface area contributed by atoms with E-state index in [2.05, 4.69) is 5.32 Å². The van der Waals surface area contributed by atoms with Gasteiger partial charge in [0.15, 0.2) is 9.84 Å². The first kappa shape index (κ1) is 19.1. The molecule has 0 radical (unpaired) electrons. The van der Waals surface area contributed by atoms with Crippen LogP contribution in [-0.4, -0.2) is 28.0 Å². The Morgan fingerprint density at radius 3 is 2.32 bits per heavy atom. The van der Waals surface area contributed by atoms with Gasteiger partial charge in [-0.1, -0.05) is 20.8 Å². The van der Waals surface area contributed by atoms with E-state index in [4.69, 9.17) is 9.15 Å². The fourth-order valence-electron chi connectivity index (χ4n) is 2.22. The van der Waals surface area contributed by atoms with Crippen LogP contribution in [0.25, 0.3) is 0 Å². The number of amides is 1. The van der Waals surface area contributed by atoms with Crippen molar-refractivity contribution in [2.24, 2.45) is 5.41 Å². The number of nitrogens with one attached hydrogen (secondary N) is 1. The lowest BCUT2D eigenvalue weighted by atomic mass is 9.96. The van der Waals surface area contributed by atoms with Gasteiger partial charge in [0.1, 0.15) is 16.8 Å². The van der Waals surface area contributed by atoms with Gasteiger partial charge in [0.2, 0.25) is 5.91 Å². The number of carbonyl (C=O) groups excluding carboxylic acids is 1. The Hall–Kier alpha value is -2.28. The van der Waals surface area contributed by atoms with Crippen molar-refractivity contribution in [1.29, 1.82) is 0 Å². The minimum absolute atomic E-state index is 0.0714. The van der Waals surface area contributed by atoms with Crippen LogP contribution < -0.4 is 10.1 Å². The lowest BCUT2D eigenvalue weighted by molar-refractivity contribution is -0.128. The molecule has 0 spiro atoms. The van der Waals surface area contributed by atoms with Crippen molar-refractivity contribution in [1.82, 2.24) is 5.32 Å². The summed E-state index contributed by atoms with van der Waals surface area (Å²) in [5.74, 6) is 0.619. The van der Waals surface area contributed by atoms with E-state index in [1.54, 1.807) is 45.0 Å². The van der Waals surface area contributed by atoms with Gasteiger partial charge in [0.05, 0.1) is 18.3 Å². The fraction of sp³-hybridized carbons (Fsp3) is 0.389. The number of carbonyl (C=O) groups is 1. The Bertz CT molecular complexity index is 802. The molecule has 0 aliphatic heterocycles. The maximum absolute atomic E-state index is 13.0. The second-order valence-corrected chi connectivity index (χ2v) is 8.82. The predicted octanol–water partition coefficient (Wildman–Crippen LogP) is 2.97. The van der Waals surface area contributed by atoms with Crippen LogP contribution in [0.3, 0.4) is 0 Å². The molecule has 1 aromatic carbocycles. The first-order valence-electron chi connectivity index (χ1n) is 7.86. The summed E-state index contributed by atoms with van der Waals surface area (Å²) >= 11 is 0. The average molecular weight is 365 g/mol. The molecular formula is C18H23NO5S. The molecule has 1 atom stereocenters. The third kappa shape index (κ3) is 4.42. The zero-order chi connectivity index (χ0) is 18.7. The van der Waals surface area contributed by atoms with E-state index >= 15 is 0 Å². The number of rotatable bonds is 6. The largest absolute Gasteiger partial charge is 0.497 e. The summed E-state index contributed by atoms with van der Waals surface area (Å²) < 4.78 is 36.5. The van der Waals surface area contributed by atoms with Gasteiger partial charge in [-0.3, -0.25) is 4.79 Å². The van der Waals surface area contributed by atoms with Gasteiger partial charge >= 0.3 is 0 Å². The van der Waals surface area contributed by atoms with E-state index in [-0.39, 0.29) is 23.1 Å². The molecule has 1 heterocycles. The van der Waals surface area contributed by atoms with E-state index in [0.29, 0.717) is 5.75 Å². The molecule has 0 aliphatic rings. The maximum atomic E-state index is 13.0. The van der Waals surface area contributed by atoms with Crippen LogP contribution in [0, 0.1) is 5.41 Å². The predicted molar refractivity (Wildman–Crippen MR) is 94.1 cm³/mol. The molecule has 0 saturated heterocycles. The molecule has 25 heavy (non-hydrogen) atoms. The zero-order valence-corrected chi connectivity index (χ0v) is 15.6. The molecule has 1 N–H and O–H groups in total. The van der Waals surface area contributed by atoms with Gasteiger partial charge in [-0.15, -0.1) is 0 Å². The number of ether oxygens (including phenoxy) is 1. The van der Waals surface area contributed by atoms with Gasteiger partial charge in [-0.2, -0.15) is 0 Å². The highest BCUT2D eigenvalue weighted by Crippen LogP contribution is 2.30. The van der Waals surface area contributed by atoms with Crippen LogP contribution in [0.2, 0.25) is 0 Å². The van der Waals surface area contributed by atoms with Gasteiger partial charge in [0, 0.05) is 12.0 Å². The third-order valence-corrected chi connectivity index (χ3v) is 5.83. The van der Waals surface area contributed by atoms with Crippen molar-refractivity contribution in [3.8, 4) is 5.75 Å². The smallest absolute Gasteiger partial charge is 0.225 e. The van der Waals surface area contributed by atoms with Crippen LogP contribution in [0.1, 0.15) is 31.8 Å². The van der Waals surface area contributed by atoms with Gasteiger partial charge < -0.3 is 14.5 Å². The van der Waals surface area contributed by atoms with Crippen molar-refractivity contribution < 1.29 is 22.4 Å². The Labute approximate surface area is 148 Å². The monoisotopic (exact) mass is 365 g/mol. The topological polar surface area (TPSA) is 85.6 Å². The second kappa shape index (κ2) is 7.31. The van der Waals surface area contributed by atoms with Crippen molar-refractivity contribution in [2.45, 2.75) is 30.9 Å². The number of methoxy groups -OCH3 is 1. The van der Waals surface area contributed by atoms with Crippen molar-refractivity contribution in [3.05, 3.63) is 48.4 Å². The van der Waals surface area contributed by atoms with Crippen LogP contribution in [0.15, 0.2) is 52.0 Å². The fourth-order valence-corrected chi connectivity index (χ4v) is 3.80. The summed E-state index contributed by atoms with van der Waals surface area (Å²) in [5.41, 5.74) is -0.614. The molecular weight excluding hydrogens is 342 g/mol. The molecule has 136 valence electrons. The highest BCUT2D eigenvalue weighted by Gasteiger charge is 2.33. The second-order valence-electron chi connectivity index (χ2n) is 6.68. The molecule has 1 unspecified atom stereocenters. The minimum Gasteiger partial charge on any atom is -0.497 e. The van der Waals surface area contributed by atoms with E-state index in [1.165, 1.54) is 25.5 Å². The molecule has 2 rings (SSSR count). The van der Waals surface area contributed by atoms with E-state index in [9.17, 15) is 13.2 Å². The van der Waals surface area contributed by atoms with Crippen LogP contribution >= 0.6 is 0 Å². The zero-order valence-electron chi connectivity index (χ0n) is 14.8. The normalized spacial score (nSPS) is 13.3. The number of hydrogen-bond acceptors (Lipinski definition) is 5. The summed E-state index contributed by atoms with van der Waals surface area (Å²) in [7, 11) is -2.24. The number of furan rings is 1. The number of benzene rings is 1. The molecule has 0 bridgehead atoms. The van der Waals surface area contributed by atoms with E-state index in [1.807, 2.05) is 0 Å². The van der Waals surface area contributed by atoms with Gasteiger partial charge in [-0.25, -0.2) is 8.42 Å². The van der Waals surface area contributed by atoms with Gasteiger partial charge in [0.25, 0.3) is 0 Å². The SMILES string of the molecule is COc1ccc(S(=O)(=O)C(CNC(=O)C(C)(C)C)c2ccco2)cc1. The summed E-state index contributed by atoms with van der Waals surface area (Å²) in [5, 5.41) is 1.69. The van der Waals surface area contributed by atoms with E-state index in [0.717, 1.165) is 0 Å². The first-order valence-corrected chi connectivity index (χ1v) is 9.40. The minimum atomic E-state index is -3.75. The molecule has 6 nitrogen and oxygen atoms in total. The van der Waals surface area contributed by atoms with Crippen LogP contribution in [-0.2, 0) is 14.6 Å². The van der Waals surface area contributed by atoms with Crippen molar-refractivity contribution >= 4 is 15.7 Å². The van der Waals surface area contributed by atoms with Crippen LogP contribution in [0.5, 0.6) is 5.75 Å². The Morgan fingerprint density at radius 2 is 1.84 bits per heavy atom. The van der Waals surface area contributed by atoms with Crippen molar-refractivity contribution in [3.63, 3.8) is 0 Å². The Balaban J connectivity index is 2.32. The molecule has 2 aromatic rings. The Morgan fingerprint density at radius 1 is 1.20 bits per heavy atom. The highest BCUT2D eigenvalue weighted by molar-refractivity contribution is 7.91. The number of sulfone groups is 1. The highest BCUT2D eigenvalue weighted by atomic mass is 32.2. The molecule has 0 fully saturated rings. The summed E-state index contributed by atoms with van der Waals surface area (Å²) in [6.45, 7) is 5.23.